The largest absolute Gasteiger partial charge is 0.359 e. The molecule has 2 aliphatic heterocycles. The molecule has 3 rings (SSSR count). The number of nitrogens with one attached hydrogen (secondary N) is 3. The van der Waals surface area contributed by atoms with E-state index in [2.05, 4.69) is 33.1 Å². The fraction of sp³-hybridized carbons (Fsp3) is 0.625. The highest BCUT2D eigenvalue weighted by Crippen LogP contribution is 2.37. The quantitative estimate of drug-likeness (QED) is 0.694. The van der Waals surface area contributed by atoms with Gasteiger partial charge in [0.05, 0.1) is 11.5 Å². The third kappa shape index (κ3) is 3.11. The van der Waals surface area contributed by atoms with Crippen molar-refractivity contribution >= 4 is 11.8 Å². The monoisotopic (exact) mass is 332 g/mol. The lowest BCUT2D eigenvalue weighted by atomic mass is 9.71. The zero-order valence-corrected chi connectivity index (χ0v) is 14.1. The van der Waals surface area contributed by atoms with Crippen LogP contribution in [-0.4, -0.2) is 59.4 Å². The van der Waals surface area contributed by atoms with Crippen LogP contribution in [0.3, 0.4) is 0 Å². The number of aromatic nitrogens is 2. The number of hydrogen-bond donors (Lipinski definition) is 3. The molecule has 0 aromatic carbocycles. The Morgan fingerprint density at radius 1 is 1.38 bits per heavy atom. The van der Waals surface area contributed by atoms with Crippen LogP contribution in [-0.2, 0) is 4.79 Å². The maximum absolute atomic E-state index is 12.7. The lowest BCUT2D eigenvalue weighted by molar-refractivity contribution is -0.125. The van der Waals surface area contributed by atoms with E-state index in [-0.39, 0.29) is 29.2 Å². The Kier molecular flexibility index (Phi) is 4.77. The first kappa shape index (κ1) is 16.8. The minimum atomic E-state index is -0.176. The number of carbonyl (C=O) groups excluding carboxylic acids is 2. The Bertz CT molecular complexity index is 610. The topological polar surface area (TPSA) is 99.2 Å². The maximum atomic E-state index is 12.7. The Balaban J connectivity index is 1.76. The van der Waals surface area contributed by atoms with Crippen LogP contribution in [0, 0.1) is 11.3 Å². The van der Waals surface area contributed by atoms with Gasteiger partial charge in [0.15, 0.2) is 0 Å². The van der Waals surface area contributed by atoms with Gasteiger partial charge in [0.25, 0.3) is 5.91 Å². The van der Waals surface area contributed by atoms with Gasteiger partial charge in [0, 0.05) is 50.5 Å². The van der Waals surface area contributed by atoms with Gasteiger partial charge < -0.3 is 10.2 Å². The van der Waals surface area contributed by atoms with E-state index in [0.29, 0.717) is 25.2 Å². The average Bonchev–Trinajstić information content (AvgIpc) is 3.12. The summed E-state index contributed by atoms with van der Waals surface area (Å²) >= 11 is 0. The molecule has 130 valence electrons. The third-order valence-corrected chi connectivity index (χ3v) is 5.14. The summed E-state index contributed by atoms with van der Waals surface area (Å²) < 4.78 is 0. The molecule has 2 amide bonds. The summed E-state index contributed by atoms with van der Waals surface area (Å²) in [7, 11) is 1.66. The molecule has 24 heavy (non-hydrogen) atoms. The molecule has 2 fully saturated rings. The summed E-state index contributed by atoms with van der Waals surface area (Å²) in [5, 5.41) is 2.74. The average molecular weight is 332 g/mol. The van der Waals surface area contributed by atoms with Crippen molar-refractivity contribution in [3.63, 3.8) is 0 Å². The number of piperidine rings is 1. The molecule has 0 radical (unpaired) electrons. The standard InChI is InChI=1S/C16H24N6O2/c1-16(13-12(8-20-21-13)14(23)17-2)4-3-5-22(9-16)15(24)11-6-18-10-19-7-11/h6-7,10,12-13,20-21H,3-5,8-9H2,1-2H3,(H,17,23). The van der Waals surface area contributed by atoms with Crippen LogP contribution >= 0.6 is 0 Å². The van der Waals surface area contributed by atoms with Gasteiger partial charge in [-0.3, -0.25) is 20.4 Å². The smallest absolute Gasteiger partial charge is 0.257 e. The van der Waals surface area contributed by atoms with Crippen molar-refractivity contribution in [1.29, 1.82) is 0 Å². The van der Waals surface area contributed by atoms with Crippen LogP contribution in [0.4, 0.5) is 0 Å². The normalized spacial score (nSPS) is 30.2. The Morgan fingerprint density at radius 3 is 2.83 bits per heavy atom. The zero-order valence-electron chi connectivity index (χ0n) is 14.1. The second-order valence-corrected chi connectivity index (χ2v) is 6.84. The van der Waals surface area contributed by atoms with Gasteiger partial charge in [0.2, 0.25) is 5.91 Å². The van der Waals surface area contributed by atoms with Crippen molar-refractivity contribution in [2.75, 3.05) is 26.7 Å². The van der Waals surface area contributed by atoms with Crippen molar-refractivity contribution in [2.45, 2.75) is 25.8 Å². The summed E-state index contributed by atoms with van der Waals surface area (Å²) in [5.74, 6) is -0.169. The van der Waals surface area contributed by atoms with Crippen molar-refractivity contribution in [3.05, 3.63) is 24.3 Å². The van der Waals surface area contributed by atoms with E-state index in [1.165, 1.54) is 6.33 Å². The van der Waals surface area contributed by atoms with E-state index < -0.39 is 0 Å². The first-order valence-corrected chi connectivity index (χ1v) is 8.29. The molecule has 1 aromatic heterocycles. The molecular formula is C16H24N6O2. The summed E-state index contributed by atoms with van der Waals surface area (Å²) in [5.41, 5.74) is 6.69. The lowest BCUT2D eigenvalue weighted by Gasteiger charge is -2.45. The lowest BCUT2D eigenvalue weighted by Crippen LogP contribution is -2.56. The van der Waals surface area contributed by atoms with Gasteiger partial charge in [-0.2, -0.15) is 0 Å². The maximum Gasteiger partial charge on any atom is 0.257 e. The summed E-state index contributed by atoms with van der Waals surface area (Å²) in [6.07, 6.45) is 6.39. The number of hydrogen-bond acceptors (Lipinski definition) is 6. The van der Waals surface area contributed by atoms with Crippen LogP contribution in [0.5, 0.6) is 0 Å². The van der Waals surface area contributed by atoms with Crippen molar-refractivity contribution in [3.8, 4) is 0 Å². The highest BCUT2D eigenvalue weighted by molar-refractivity contribution is 5.93. The first-order chi connectivity index (χ1) is 11.5. The predicted octanol–water partition coefficient (Wildman–Crippen LogP) is -0.442. The molecule has 3 N–H and O–H groups in total. The van der Waals surface area contributed by atoms with Crippen LogP contribution in [0.2, 0.25) is 0 Å². The number of rotatable bonds is 3. The fourth-order valence-corrected chi connectivity index (χ4v) is 3.87. The van der Waals surface area contributed by atoms with Crippen molar-refractivity contribution in [2.24, 2.45) is 11.3 Å². The van der Waals surface area contributed by atoms with E-state index >= 15 is 0 Å². The van der Waals surface area contributed by atoms with Crippen LogP contribution in [0.25, 0.3) is 0 Å². The molecule has 8 nitrogen and oxygen atoms in total. The number of carbonyl (C=O) groups is 2. The van der Waals surface area contributed by atoms with Gasteiger partial charge in [-0.05, 0) is 12.8 Å². The number of likely N-dealkylation sites (tertiary alicyclic amines) is 1. The molecule has 0 aliphatic carbocycles. The minimum Gasteiger partial charge on any atom is -0.359 e. The van der Waals surface area contributed by atoms with Crippen LogP contribution < -0.4 is 16.2 Å². The molecule has 2 aliphatic rings. The number of amides is 2. The van der Waals surface area contributed by atoms with Gasteiger partial charge >= 0.3 is 0 Å². The van der Waals surface area contributed by atoms with Gasteiger partial charge in [0.1, 0.15) is 6.33 Å². The Morgan fingerprint density at radius 2 is 2.12 bits per heavy atom. The molecule has 0 saturated carbocycles. The molecule has 3 atom stereocenters. The van der Waals surface area contributed by atoms with E-state index in [9.17, 15) is 9.59 Å². The second kappa shape index (κ2) is 6.82. The van der Waals surface area contributed by atoms with Gasteiger partial charge in [-0.25, -0.2) is 9.97 Å². The molecule has 2 saturated heterocycles. The molecule has 3 heterocycles. The second-order valence-electron chi connectivity index (χ2n) is 6.84. The minimum absolute atomic E-state index is 0.0138. The van der Waals surface area contributed by atoms with Gasteiger partial charge in [-0.1, -0.05) is 6.92 Å². The van der Waals surface area contributed by atoms with Crippen molar-refractivity contribution in [1.82, 2.24) is 31.0 Å². The molecular weight excluding hydrogens is 308 g/mol. The van der Waals surface area contributed by atoms with Crippen LogP contribution in [0.1, 0.15) is 30.1 Å². The predicted molar refractivity (Wildman–Crippen MR) is 87.8 cm³/mol. The van der Waals surface area contributed by atoms with Gasteiger partial charge in [-0.15, -0.1) is 0 Å². The molecule has 0 spiro atoms. The SMILES string of the molecule is CNC(=O)C1CNNC1C1(C)CCCN(C(=O)c2cncnc2)C1. The van der Waals surface area contributed by atoms with Crippen LogP contribution in [0.15, 0.2) is 18.7 Å². The van der Waals surface area contributed by atoms with E-state index in [1.54, 1.807) is 19.4 Å². The Hall–Kier alpha value is -2.06. The molecule has 3 unspecified atom stereocenters. The summed E-state index contributed by atoms with van der Waals surface area (Å²) in [6.45, 7) is 4.07. The highest BCUT2D eigenvalue weighted by atomic mass is 16.2. The number of nitrogens with zero attached hydrogens (tertiary/aromatic N) is 3. The molecule has 1 aromatic rings. The third-order valence-electron chi connectivity index (χ3n) is 5.14. The van der Waals surface area contributed by atoms with E-state index in [1.807, 2.05) is 4.90 Å². The fourth-order valence-electron chi connectivity index (χ4n) is 3.87. The first-order valence-electron chi connectivity index (χ1n) is 8.29. The van der Waals surface area contributed by atoms with Crippen molar-refractivity contribution < 1.29 is 9.59 Å². The number of hydrazine groups is 1. The summed E-state index contributed by atoms with van der Waals surface area (Å²) in [6, 6.07) is -0.0138. The molecule has 0 bridgehead atoms. The highest BCUT2D eigenvalue weighted by Gasteiger charge is 2.47. The molecule has 8 heteroatoms. The van der Waals surface area contributed by atoms with E-state index in [4.69, 9.17) is 0 Å². The Labute approximate surface area is 141 Å². The van der Waals surface area contributed by atoms with E-state index in [0.717, 1.165) is 12.8 Å². The summed E-state index contributed by atoms with van der Waals surface area (Å²) in [4.78, 5) is 34.6. The zero-order chi connectivity index (χ0) is 17.2.